The molecule has 4 aromatic rings. The number of benzene rings is 1. The van der Waals surface area contributed by atoms with Crippen molar-refractivity contribution in [3.8, 4) is 17.1 Å². The van der Waals surface area contributed by atoms with Crippen molar-refractivity contribution in [2.24, 2.45) is 0 Å². The molecule has 0 bridgehead atoms. The third kappa shape index (κ3) is 3.63. The molecule has 0 amide bonds. The van der Waals surface area contributed by atoms with Gasteiger partial charge in [0, 0.05) is 18.5 Å². The Kier molecular flexibility index (Phi) is 5.12. The second-order valence-corrected chi connectivity index (χ2v) is 7.06. The number of aryl methyl sites for hydroxylation is 1. The zero-order valence-electron chi connectivity index (χ0n) is 15.2. The van der Waals surface area contributed by atoms with Crippen molar-refractivity contribution in [2.45, 2.75) is 24.4 Å². The van der Waals surface area contributed by atoms with E-state index in [0.717, 1.165) is 28.0 Å². The molecule has 0 aliphatic carbocycles. The maximum absolute atomic E-state index is 13.4. The average molecular weight is 395 g/mol. The molecular formula is C20H18FN5OS. The summed E-state index contributed by atoms with van der Waals surface area (Å²) in [4.78, 5) is 0. The minimum Gasteiger partial charge on any atom is -0.469 e. The summed E-state index contributed by atoms with van der Waals surface area (Å²) in [6.07, 6.45) is 5.27. The number of thioether (sulfide) groups is 1. The lowest BCUT2D eigenvalue weighted by molar-refractivity contribution is 0.534. The van der Waals surface area contributed by atoms with Gasteiger partial charge in [0.05, 0.1) is 23.2 Å². The standard InChI is InChI=1S/C20H18FN5OS/c1-3-9-25-19(18-8-11-27-14(18)2)22-23-20(25)28-13-16-7-10-26(24-16)17-6-4-5-15(21)12-17/h3-8,10-12H,1,9,13H2,2H3. The first-order chi connectivity index (χ1) is 13.7. The molecule has 0 atom stereocenters. The predicted octanol–water partition coefficient (Wildman–Crippen LogP) is 4.65. The highest BCUT2D eigenvalue weighted by molar-refractivity contribution is 7.98. The lowest BCUT2D eigenvalue weighted by atomic mass is 10.2. The van der Waals surface area contributed by atoms with Crippen molar-refractivity contribution in [1.29, 1.82) is 0 Å². The number of furan rings is 1. The SMILES string of the molecule is C=CCn1c(SCc2ccn(-c3cccc(F)c3)n2)nnc1-c1ccoc1C. The summed E-state index contributed by atoms with van der Waals surface area (Å²) in [5.74, 6) is 1.87. The summed E-state index contributed by atoms with van der Waals surface area (Å²) >= 11 is 1.54. The van der Waals surface area contributed by atoms with Crippen molar-refractivity contribution in [2.75, 3.05) is 0 Å². The fourth-order valence-electron chi connectivity index (χ4n) is 2.84. The van der Waals surface area contributed by atoms with Gasteiger partial charge in [-0.05, 0) is 37.3 Å². The summed E-state index contributed by atoms with van der Waals surface area (Å²) in [6, 6.07) is 10.1. The minimum atomic E-state index is -0.288. The summed E-state index contributed by atoms with van der Waals surface area (Å²) in [5.41, 5.74) is 2.46. The van der Waals surface area contributed by atoms with Gasteiger partial charge in [0.25, 0.3) is 0 Å². The van der Waals surface area contributed by atoms with E-state index < -0.39 is 0 Å². The number of allylic oxidation sites excluding steroid dienone is 1. The van der Waals surface area contributed by atoms with Gasteiger partial charge in [-0.15, -0.1) is 16.8 Å². The topological polar surface area (TPSA) is 61.7 Å². The molecule has 0 N–H and O–H groups in total. The Morgan fingerprint density at radius 1 is 1.25 bits per heavy atom. The van der Waals surface area contributed by atoms with E-state index in [2.05, 4.69) is 21.9 Å². The second-order valence-electron chi connectivity index (χ2n) is 6.12. The Morgan fingerprint density at radius 2 is 2.14 bits per heavy atom. The normalized spacial score (nSPS) is 11.1. The van der Waals surface area contributed by atoms with E-state index in [9.17, 15) is 4.39 Å². The van der Waals surface area contributed by atoms with Crippen LogP contribution in [0.1, 0.15) is 11.5 Å². The molecule has 0 unspecified atom stereocenters. The van der Waals surface area contributed by atoms with Crippen LogP contribution >= 0.6 is 11.8 Å². The number of aromatic nitrogens is 5. The first-order valence-corrected chi connectivity index (χ1v) is 9.66. The van der Waals surface area contributed by atoms with E-state index in [1.807, 2.05) is 42.0 Å². The molecule has 0 fully saturated rings. The fourth-order valence-corrected chi connectivity index (χ4v) is 3.69. The van der Waals surface area contributed by atoms with Crippen LogP contribution < -0.4 is 0 Å². The molecule has 142 valence electrons. The van der Waals surface area contributed by atoms with Gasteiger partial charge in [0.15, 0.2) is 11.0 Å². The van der Waals surface area contributed by atoms with Crippen LogP contribution in [0.4, 0.5) is 4.39 Å². The maximum Gasteiger partial charge on any atom is 0.192 e. The van der Waals surface area contributed by atoms with Crippen LogP contribution in [-0.2, 0) is 12.3 Å². The number of nitrogens with zero attached hydrogens (tertiary/aromatic N) is 5. The first-order valence-electron chi connectivity index (χ1n) is 8.67. The largest absolute Gasteiger partial charge is 0.469 e. The van der Waals surface area contributed by atoms with Crippen LogP contribution in [-0.4, -0.2) is 24.5 Å². The van der Waals surface area contributed by atoms with Gasteiger partial charge < -0.3 is 4.42 Å². The average Bonchev–Trinajstić information content (AvgIpc) is 3.40. The van der Waals surface area contributed by atoms with E-state index in [1.54, 1.807) is 17.0 Å². The molecular weight excluding hydrogens is 377 g/mol. The highest BCUT2D eigenvalue weighted by Crippen LogP contribution is 2.28. The van der Waals surface area contributed by atoms with Gasteiger partial charge in [-0.2, -0.15) is 5.10 Å². The molecule has 0 aliphatic heterocycles. The van der Waals surface area contributed by atoms with E-state index in [4.69, 9.17) is 4.42 Å². The molecule has 3 heterocycles. The van der Waals surface area contributed by atoms with Crippen LogP contribution in [0.2, 0.25) is 0 Å². The lowest BCUT2D eigenvalue weighted by Crippen LogP contribution is -2.01. The Labute approximate surface area is 165 Å². The quantitative estimate of drug-likeness (QED) is 0.337. The highest BCUT2D eigenvalue weighted by Gasteiger charge is 2.17. The lowest BCUT2D eigenvalue weighted by Gasteiger charge is -2.06. The van der Waals surface area contributed by atoms with Gasteiger partial charge >= 0.3 is 0 Å². The van der Waals surface area contributed by atoms with Crippen LogP contribution in [0.25, 0.3) is 17.1 Å². The number of hydrogen-bond donors (Lipinski definition) is 0. The Hall–Kier alpha value is -3.13. The highest BCUT2D eigenvalue weighted by atomic mass is 32.2. The molecule has 3 aromatic heterocycles. The third-order valence-electron chi connectivity index (χ3n) is 4.19. The number of halogens is 1. The van der Waals surface area contributed by atoms with Crippen LogP contribution in [0, 0.1) is 12.7 Å². The van der Waals surface area contributed by atoms with E-state index >= 15 is 0 Å². The molecule has 28 heavy (non-hydrogen) atoms. The smallest absolute Gasteiger partial charge is 0.192 e. The van der Waals surface area contributed by atoms with Crippen molar-refractivity contribution in [1.82, 2.24) is 24.5 Å². The summed E-state index contributed by atoms with van der Waals surface area (Å²) in [5, 5.41) is 13.9. The number of rotatable bonds is 7. The van der Waals surface area contributed by atoms with E-state index in [0.29, 0.717) is 18.0 Å². The fraction of sp³-hybridized carbons (Fsp3) is 0.150. The zero-order chi connectivity index (χ0) is 19.5. The monoisotopic (exact) mass is 395 g/mol. The minimum absolute atomic E-state index is 0.288. The van der Waals surface area contributed by atoms with Crippen LogP contribution in [0.5, 0.6) is 0 Å². The Bertz CT molecular complexity index is 1110. The molecule has 4 rings (SSSR count). The third-order valence-corrected chi connectivity index (χ3v) is 5.19. The van der Waals surface area contributed by atoms with Gasteiger partial charge in [-0.25, -0.2) is 9.07 Å². The summed E-state index contributed by atoms with van der Waals surface area (Å²) in [7, 11) is 0. The maximum atomic E-state index is 13.4. The second kappa shape index (κ2) is 7.85. The summed E-state index contributed by atoms with van der Waals surface area (Å²) in [6.45, 7) is 6.32. The van der Waals surface area contributed by atoms with Gasteiger partial charge in [0.1, 0.15) is 11.6 Å². The van der Waals surface area contributed by atoms with E-state index in [-0.39, 0.29) is 5.82 Å². The zero-order valence-corrected chi connectivity index (χ0v) is 16.1. The molecule has 0 aliphatic rings. The molecule has 0 spiro atoms. The van der Waals surface area contributed by atoms with Gasteiger partial charge in [0.2, 0.25) is 0 Å². The van der Waals surface area contributed by atoms with Crippen molar-refractivity contribution >= 4 is 11.8 Å². The molecule has 0 radical (unpaired) electrons. The van der Waals surface area contributed by atoms with Gasteiger partial charge in [-0.3, -0.25) is 4.57 Å². The molecule has 8 heteroatoms. The predicted molar refractivity (Wildman–Crippen MR) is 106 cm³/mol. The first kappa shape index (κ1) is 18.2. The van der Waals surface area contributed by atoms with Crippen LogP contribution in [0.3, 0.4) is 0 Å². The molecule has 6 nitrogen and oxygen atoms in total. The number of hydrogen-bond acceptors (Lipinski definition) is 5. The van der Waals surface area contributed by atoms with Crippen LogP contribution in [0.15, 0.2) is 71.1 Å². The van der Waals surface area contributed by atoms with Gasteiger partial charge in [-0.1, -0.05) is 23.9 Å². The Balaban J connectivity index is 1.53. The Morgan fingerprint density at radius 3 is 2.89 bits per heavy atom. The molecule has 0 saturated heterocycles. The molecule has 1 aromatic carbocycles. The van der Waals surface area contributed by atoms with Crippen molar-refractivity contribution in [3.63, 3.8) is 0 Å². The van der Waals surface area contributed by atoms with E-state index in [1.165, 1.54) is 23.9 Å². The van der Waals surface area contributed by atoms with Crippen molar-refractivity contribution < 1.29 is 8.81 Å². The summed E-state index contributed by atoms with van der Waals surface area (Å²) < 4.78 is 22.5. The van der Waals surface area contributed by atoms with Crippen molar-refractivity contribution in [3.05, 3.63) is 78.8 Å². The molecule has 0 saturated carbocycles.